The van der Waals surface area contributed by atoms with Crippen LogP contribution in [0, 0.1) is 6.92 Å². The Balaban J connectivity index is 2.02. The third-order valence-electron chi connectivity index (χ3n) is 4.53. The van der Waals surface area contributed by atoms with E-state index in [1.54, 1.807) is 0 Å². The second kappa shape index (κ2) is 7.66. The molecule has 5 nitrogen and oxygen atoms in total. The largest absolute Gasteiger partial charge is 0.440 e. The molecule has 0 atom stereocenters. The predicted octanol–water partition coefficient (Wildman–Crippen LogP) is 3.82. The first-order valence-corrected chi connectivity index (χ1v) is 8.77. The van der Waals surface area contributed by atoms with Crippen molar-refractivity contribution in [3.05, 3.63) is 48.5 Å². The summed E-state index contributed by atoms with van der Waals surface area (Å²) in [6.45, 7) is 11.7. The number of likely N-dealkylation sites (N-methyl/N-ethyl adjacent to an activating group) is 1. The standard InChI is InChI=1S/C20H26N4O/c1-5-7-8-9-16(6-2)17-14-21-20(18-19(17)25-15(3)22-18)24-12-10-23(4)11-13-24/h5-6,8-9,14H,1,7,10-13H2,2-4H3/b9-8-,16-6+. The highest BCUT2D eigenvalue weighted by Gasteiger charge is 2.22. The number of hydrogen-bond donors (Lipinski definition) is 0. The van der Waals surface area contributed by atoms with Crippen LogP contribution in [0.15, 0.2) is 41.5 Å². The second-order valence-electron chi connectivity index (χ2n) is 6.37. The number of hydrogen-bond acceptors (Lipinski definition) is 5. The Morgan fingerprint density at radius 1 is 1.32 bits per heavy atom. The Kier molecular flexibility index (Phi) is 5.34. The number of fused-ring (bicyclic) bond motifs is 1. The van der Waals surface area contributed by atoms with Crippen LogP contribution in [-0.4, -0.2) is 48.1 Å². The summed E-state index contributed by atoms with van der Waals surface area (Å²) in [5.41, 5.74) is 3.74. The highest BCUT2D eigenvalue weighted by Crippen LogP contribution is 2.32. The van der Waals surface area contributed by atoms with Crippen molar-refractivity contribution in [2.45, 2.75) is 20.3 Å². The average molecular weight is 338 g/mol. The lowest BCUT2D eigenvalue weighted by molar-refractivity contribution is 0.312. The van der Waals surface area contributed by atoms with Crippen LogP contribution in [0.1, 0.15) is 24.8 Å². The van der Waals surface area contributed by atoms with Crippen LogP contribution in [0.5, 0.6) is 0 Å². The number of allylic oxidation sites excluding steroid dienone is 5. The van der Waals surface area contributed by atoms with Crippen LogP contribution in [0.2, 0.25) is 0 Å². The fraction of sp³-hybridized carbons (Fsp3) is 0.400. The maximum absolute atomic E-state index is 5.96. The molecule has 1 aliphatic heterocycles. The van der Waals surface area contributed by atoms with Gasteiger partial charge in [-0.25, -0.2) is 9.97 Å². The SMILES string of the molecule is C=CC/C=C\C(=C/C)c1cnc(N2CCN(C)CC2)c2nc(C)oc12. The number of aromatic nitrogens is 2. The van der Waals surface area contributed by atoms with E-state index in [1.807, 2.05) is 26.1 Å². The summed E-state index contributed by atoms with van der Waals surface area (Å²) in [6, 6.07) is 0. The summed E-state index contributed by atoms with van der Waals surface area (Å²) in [7, 11) is 2.15. The summed E-state index contributed by atoms with van der Waals surface area (Å²) in [4.78, 5) is 14.0. The van der Waals surface area contributed by atoms with Gasteiger partial charge < -0.3 is 14.2 Å². The number of anilines is 1. The van der Waals surface area contributed by atoms with Crippen molar-refractivity contribution in [3.63, 3.8) is 0 Å². The molecule has 3 heterocycles. The minimum atomic E-state index is 0.671. The molecule has 0 N–H and O–H groups in total. The molecule has 0 amide bonds. The monoisotopic (exact) mass is 338 g/mol. The number of pyridine rings is 1. The van der Waals surface area contributed by atoms with E-state index in [1.165, 1.54) is 0 Å². The summed E-state index contributed by atoms with van der Waals surface area (Å²) < 4.78 is 5.96. The van der Waals surface area contributed by atoms with Crippen LogP contribution in [0.4, 0.5) is 5.82 Å². The lowest BCUT2D eigenvalue weighted by atomic mass is 10.1. The van der Waals surface area contributed by atoms with E-state index in [4.69, 9.17) is 9.40 Å². The van der Waals surface area contributed by atoms with Crippen LogP contribution < -0.4 is 4.90 Å². The van der Waals surface area contributed by atoms with E-state index >= 15 is 0 Å². The molecule has 0 aromatic carbocycles. The molecule has 1 aliphatic rings. The molecule has 3 rings (SSSR count). The Hall–Kier alpha value is -2.40. The van der Waals surface area contributed by atoms with Crippen molar-refractivity contribution in [3.8, 4) is 0 Å². The molecule has 0 radical (unpaired) electrons. The fourth-order valence-electron chi connectivity index (χ4n) is 3.09. The number of piperazine rings is 1. The lowest BCUT2D eigenvalue weighted by Crippen LogP contribution is -2.44. The molecule has 5 heteroatoms. The summed E-state index contributed by atoms with van der Waals surface area (Å²) in [6.07, 6.45) is 10.9. The molecule has 1 fully saturated rings. The third-order valence-corrected chi connectivity index (χ3v) is 4.53. The quantitative estimate of drug-likeness (QED) is 0.612. The summed E-state index contributed by atoms with van der Waals surface area (Å²) >= 11 is 0. The molecule has 0 unspecified atom stereocenters. The highest BCUT2D eigenvalue weighted by atomic mass is 16.3. The smallest absolute Gasteiger partial charge is 0.192 e. The highest BCUT2D eigenvalue weighted by molar-refractivity contribution is 5.95. The summed E-state index contributed by atoms with van der Waals surface area (Å²) in [5.74, 6) is 1.60. The second-order valence-corrected chi connectivity index (χ2v) is 6.37. The third kappa shape index (κ3) is 3.66. The zero-order valence-electron chi connectivity index (χ0n) is 15.3. The Morgan fingerprint density at radius 2 is 2.08 bits per heavy atom. The number of aryl methyl sites for hydroxylation is 1. The lowest BCUT2D eigenvalue weighted by Gasteiger charge is -2.33. The normalized spacial score (nSPS) is 16.9. The molecule has 2 aromatic rings. The van der Waals surface area contributed by atoms with Gasteiger partial charge in [-0.05, 0) is 26.0 Å². The molecule has 2 aromatic heterocycles. The van der Waals surface area contributed by atoms with Gasteiger partial charge in [0.2, 0.25) is 0 Å². The van der Waals surface area contributed by atoms with E-state index in [0.29, 0.717) is 5.89 Å². The number of nitrogens with zero attached hydrogens (tertiary/aromatic N) is 4. The Bertz CT molecular complexity index is 810. The van der Waals surface area contributed by atoms with Crippen LogP contribution >= 0.6 is 0 Å². The van der Waals surface area contributed by atoms with Crippen molar-refractivity contribution >= 4 is 22.5 Å². The van der Waals surface area contributed by atoms with Gasteiger partial charge in [-0.3, -0.25) is 0 Å². The van der Waals surface area contributed by atoms with Gasteiger partial charge in [-0.1, -0.05) is 24.3 Å². The van der Waals surface area contributed by atoms with Crippen molar-refractivity contribution in [1.82, 2.24) is 14.9 Å². The van der Waals surface area contributed by atoms with Gasteiger partial charge in [0.15, 0.2) is 22.8 Å². The maximum atomic E-state index is 5.96. The molecule has 132 valence electrons. The summed E-state index contributed by atoms with van der Waals surface area (Å²) in [5, 5.41) is 0. The van der Waals surface area contributed by atoms with Crippen LogP contribution in [0.25, 0.3) is 16.7 Å². The molecule has 25 heavy (non-hydrogen) atoms. The van der Waals surface area contributed by atoms with Gasteiger partial charge in [0.25, 0.3) is 0 Å². The van der Waals surface area contributed by atoms with Crippen molar-refractivity contribution in [2.75, 3.05) is 38.1 Å². The molecule has 0 saturated carbocycles. The van der Waals surface area contributed by atoms with Crippen molar-refractivity contribution < 1.29 is 4.42 Å². The minimum absolute atomic E-state index is 0.671. The van der Waals surface area contributed by atoms with E-state index < -0.39 is 0 Å². The van der Waals surface area contributed by atoms with Crippen molar-refractivity contribution in [1.29, 1.82) is 0 Å². The number of rotatable bonds is 5. The van der Waals surface area contributed by atoms with E-state index in [9.17, 15) is 0 Å². The maximum Gasteiger partial charge on any atom is 0.192 e. The first-order chi connectivity index (χ1) is 12.1. The molecule has 0 spiro atoms. The number of oxazole rings is 1. The van der Waals surface area contributed by atoms with Gasteiger partial charge >= 0.3 is 0 Å². The molecule has 0 bridgehead atoms. The molecular formula is C20H26N4O. The molecule has 0 aliphatic carbocycles. The average Bonchev–Trinajstić information content (AvgIpc) is 3.00. The van der Waals surface area contributed by atoms with Gasteiger partial charge in [0.05, 0.1) is 0 Å². The van der Waals surface area contributed by atoms with E-state index in [-0.39, 0.29) is 0 Å². The first-order valence-electron chi connectivity index (χ1n) is 8.77. The van der Waals surface area contributed by atoms with Crippen LogP contribution in [-0.2, 0) is 0 Å². The predicted molar refractivity (Wildman–Crippen MR) is 104 cm³/mol. The van der Waals surface area contributed by atoms with E-state index in [2.05, 4.69) is 46.6 Å². The van der Waals surface area contributed by atoms with Gasteiger partial charge in [0, 0.05) is 44.9 Å². The first kappa shape index (κ1) is 17.4. The van der Waals surface area contributed by atoms with Gasteiger partial charge in [-0.2, -0.15) is 0 Å². The van der Waals surface area contributed by atoms with Crippen LogP contribution in [0.3, 0.4) is 0 Å². The minimum Gasteiger partial charge on any atom is -0.440 e. The Labute approximate surface area is 149 Å². The molecule has 1 saturated heterocycles. The zero-order chi connectivity index (χ0) is 17.8. The zero-order valence-corrected chi connectivity index (χ0v) is 15.3. The topological polar surface area (TPSA) is 45.4 Å². The fourth-order valence-corrected chi connectivity index (χ4v) is 3.09. The molecular weight excluding hydrogens is 312 g/mol. The Morgan fingerprint density at radius 3 is 2.76 bits per heavy atom. The van der Waals surface area contributed by atoms with Crippen molar-refractivity contribution in [2.24, 2.45) is 0 Å². The van der Waals surface area contributed by atoms with Gasteiger partial charge in [0.1, 0.15) is 0 Å². The van der Waals surface area contributed by atoms with Gasteiger partial charge in [-0.15, -0.1) is 6.58 Å². The van der Waals surface area contributed by atoms with E-state index in [0.717, 1.165) is 60.7 Å².